The minimum Gasteiger partial charge on any atom is -0.434 e. The minimum atomic E-state index is -3.03. The third-order valence-electron chi connectivity index (χ3n) is 4.68. The fourth-order valence-electron chi connectivity index (χ4n) is 3.17. The van der Waals surface area contributed by atoms with Gasteiger partial charge in [-0.25, -0.2) is 14.1 Å². The molecule has 0 aliphatic carbocycles. The minimum absolute atomic E-state index is 0.0135. The highest BCUT2D eigenvalue weighted by molar-refractivity contribution is 5.80. The molecule has 1 aliphatic heterocycles. The number of hydrogen-bond donors (Lipinski definition) is 2. The largest absolute Gasteiger partial charge is 0.434 e. The third kappa shape index (κ3) is 5.18. The van der Waals surface area contributed by atoms with Gasteiger partial charge in [0.15, 0.2) is 11.8 Å². The Balaban J connectivity index is 1.62. The van der Waals surface area contributed by atoms with Crippen LogP contribution in [0.2, 0.25) is 0 Å². The Morgan fingerprint density at radius 2 is 2.17 bits per heavy atom. The average molecular weight is 410 g/mol. The lowest BCUT2D eigenvalue weighted by Gasteiger charge is -2.25. The summed E-state index contributed by atoms with van der Waals surface area (Å²) in [5.74, 6) is 1.67. The molecule has 2 aromatic rings. The molecule has 1 aliphatic rings. The molecule has 2 N–H and O–H groups in total. The van der Waals surface area contributed by atoms with Gasteiger partial charge >= 0.3 is 6.61 Å². The summed E-state index contributed by atoms with van der Waals surface area (Å²) >= 11 is 0. The number of guanidine groups is 1. The van der Waals surface area contributed by atoms with E-state index in [1.807, 2.05) is 4.68 Å². The molecular formula is C19H25F3N6O. The predicted molar refractivity (Wildman–Crippen MR) is 103 cm³/mol. The average Bonchev–Trinajstić information content (AvgIpc) is 3.10. The second-order valence-electron chi connectivity index (χ2n) is 7.12. The van der Waals surface area contributed by atoms with Crippen molar-refractivity contribution >= 4 is 5.96 Å². The zero-order chi connectivity index (χ0) is 21.0. The Bertz CT molecular complexity index is 868. The summed E-state index contributed by atoms with van der Waals surface area (Å²) in [7, 11) is 1.59. The Hall–Kier alpha value is -2.78. The van der Waals surface area contributed by atoms with E-state index in [-0.39, 0.29) is 29.8 Å². The van der Waals surface area contributed by atoms with Gasteiger partial charge in [0.1, 0.15) is 17.4 Å². The smallest absolute Gasteiger partial charge is 0.387 e. The first-order chi connectivity index (χ1) is 13.9. The van der Waals surface area contributed by atoms with E-state index in [9.17, 15) is 13.2 Å². The molecule has 0 bridgehead atoms. The fraction of sp³-hybridized carbons (Fsp3) is 0.526. The monoisotopic (exact) mass is 410 g/mol. The van der Waals surface area contributed by atoms with Crippen LogP contribution in [0.4, 0.5) is 13.2 Å². The van der Waals surface area contributed by atoms with Crippen LogP contribution in [0, 0.1) is 5.82 Å². The van der Waals surface area contributed by atoms with E-state index in [1.165, 1.54) is 18.2 Å². The van der Waals surface area contributed by atoms with Crippen LogP contribution in [-0.4, -0.2) is 40.4 Å². The molecule has 0 spiro atoms. The van der Waals surface area contributed by atoms with Gasteiger partial charge in [-0.3, -0.25) is 4.99 Å². The molecule has 1 aromatic carbocycles. The van der Waals surface area contributed by atoms with Crippen LogP contribution in [0.5, 0.6) is 5.75 Å². The van der Waals surface area contributed by atoms with Crippen LogP contribution in [0.25, 0.3) is 0 Å². The summed E-state index contributed by atoms with van der Waals surface area (Å²) in [5, 5.41) is 10.8. The summed E-state index contributed by atoms with van der Waals surface area (Å²) in [4.78, 5) is 8.71. The van der Waals surface area contributed by atoms with E-state index in [2.05, 4.69) is 44.3 Å². The number of aliphatic imine (C=N–C) groups is 1. The maximum absolute atomic E-state index is 14.1. The number of alkyl halides is 2. The Kier molecular flexibility index (Phi) is 6.60. The third-order valence-corrected chi connectivity index (χ3v) is 4.68. The highest BCUT2D eigenvalue weighted by Crippen LogP contribution is 2.23. The van der Waals surface area contributed by atoms with Gasteiger partial charge in [-0.05, 0) is 18.6 Å². The molecule has 0 saturated heterocycles. The molecule has 0 fully saturated rings. The normalized spacial score (nSPS) is 16.8. The molecule has 10 heteroatoms. The first-order valence-corrected chi connectivity index (χ1v) is 9.50. The van der Waals surface area contributed by atoms with Gasteiger partial charge in [0, 0.05) is 37.5 Å². The summed E-state index contributed by atoms with van der Waals surface area (Å²) in [5.41, 5.74) is 0.0135. The second-order valence-corrected chi connectivity index (χ2v) is 7.12. The van der Waals surface area contributed by atoms with E-state index >= 15 is 0 Å². The number of halogens is 3. The lowest BCUT2D eigenvalue weighted by molar-refractivity contribution is -0.0506. The number of ether oxygens (including phenoxy) is 1. The maximum atomic E-state index is 14.1. The van der Waals surface area contributed by atoms with Gasteiger partial charge in [0.05, 0.1) is 6.54 Å². The maximum Gasteiger partial charge on any atom is 0.387 e. The molecule has 2 heterocycles. The van der Waals surface area contributed by atoms with E-state index < -0.39 is 12.4 Å². The zero-order valence-corrected chi connectivity index (χ0v) is 16.6. The Morgan fingerprint density at radius 1 is 1.38 bits per heavy atom. The SMILES string of the molecule is CN=C(NCc1c(F)cccc1OC(F)F)NC1CCc2nc(C(C)C)nn2C1. The number of nitrogens with one attached hydrogen (secondary N) is 2. The Morgan fingerprint density at radius 3 is 2.86 bits per heavy atom. The molecular weight excluding hydrogens is 385 g/mol. The number of nitrogens with zero attached hydrogens (tertiary/aromatic N) is 4. The summed E-state index contributed by atoms with van der Waals surface area (Å²) in [6.45, 7) is 1.67. The van der Waals surface area contributed by atoms with Gasteiger partial charge in [0.25, 0.3) is 0 Å². The van der Waals surface area contributed by atoms with Crippen molar-refractivity contribution in [2.45, 2.75) is 58.3 Å². The number of aromatic nitrogens is 3. The van der Waals surface area contributed by atoms with Crippen LogP contribution in [-0.2, 0) is 19.5 Å². The van der Waals surface area contributed by atoms with Crippen LogP contribution in [0.15, 0.2) is 23.2 Å². The summed E-state index contributed by atoms with van der Waals surface area (Å²) in [6.07, 6.45) is 1.63. The van der Waals surface area contributed by atoms with E-state index in [0.717, 1.165) is 24.5 Å². The van der Waals surface area contributed by atoms with Crippen molar-refractivity contribution in [2.75, 3.05) is 7.05 Å². The van der Waals surface area contributed by atoms with Gasteiger partial charge in [0.2, 0.25) is 0 Å². The van der Waals surface area contributed by atoms with E-state index in [1.54, 1.807) is 7.05 Å². The number of benzene rings is 1. The van der Waals surface area contributed by atoms with Crippen LogP contribution in [0.3, 0.4) is 0 Å². The molecule has 1 aromatic heterocycles. The highest BCUT2D eigenvalue weighted by Gasteiger charge is 2.23. The van der Waals surface area contributed by atoms with E-state index in [0.29, 0.717) is 12.5 Å². The molecule has 0 saturated carbocycles. The lowest BCUT2D eigenvalue weighted by Crippen LogP contribution is -2.46. The van der Waals surface area contributed by atoms with Crippen molar-refractivity contribution in [2.24, 2.45) is 4.99 Å². The quantitative estimate of drug-likeness (QED) is 0.566. The zero-order valence-electron chi connectivity index (χ0n) is 16.6. The molecule has 29 heavy (non-hydrogen) atoms. The molecule has 3 rings (SSSR count). The van der Waals surface area contributed by atoms with Crippen molar-refractivity contribution in [3.05, 3.63) is 41.2 Å². The molecule has 7 nitrogen and oxygen atoms in total. The lowest BCUT2D eigenvalue weighted by atomic mass is 10.1. The second kappa shape index (κ2) is 9.15. The Labute approximate surface area is 167 Å². The van der Waals surface area contributed by atoms with Crippen molar-refractivity contribution in [1.29, 1.82) is 0 Å². The molecule has 1 atom stereocenters. The number of hydrogen-bond acceptors (Lipinski definition) is 4. The van der Waals surface area contributed by atoms with Crippen LogP contribution in [0.1, 0.15) is 43.4 Å². The van der Waals surface area contributed by atoms with Gasteiger partial charge in [-0.2, -0.15) is 13.9 Å². The van der Waals surface area contributed by atoms with Crippen molar-refractivity contribution in [3.8, 4) is 5.75 Å². The number of aryl methyl sites for hydroxylation is 1. The van der Waals surface area contributed by atoms with Crippen LogP contribution < -0.4 is 15.4 Å². The van der Waals surface area contributed by atoms with Crippen LogP contribution >= 0.6 is 0 Å². The number of fused-ring (bicyclic) bond motifs is 1. The van der Waals surface area contributed by atoms with E-state index in [4.69, 9.17) is 0 Å². The molecule has 0 radical (unpaired) electrons. The predicted octanol–water partition coefficient (Wildman–Crippen LogP) is 2.82. The molecule has 158 valence electrons. The van der Waals surface area contributed by atoms with Gasteiger partial charge < -0.3 is 15.4 Å². The summed E-state index contributed by atoms with van der Waals surface area (Å²) in [6, 6.07) is 3.90. The van der Waals surface area contributed by atoms with Crippen molar-refractivity contribution in [3.63, 3.8) is 0 Å². The van der Waals surface area contributed by atoms with Gasteiger partial charge in [-0.15, -0.1) is 0 Å². The van der Waals surface area contributed by atoms with Crippen molar-refractivity contribution < 1.29 is 17.9 Å². The molecule has 1 unspecified atom stereocenters. The topological polar surface area (TPSA) is 76.4 Å². The summed E-state index contributed by atoms with van der Waals surface area (Å²) < 4.78 is 45.5. The molecule has 0 amide bonds. The highest BCUT2D eigenvalue weighted by atomic mass is 19.3. The van der Waals surface area contributed by atoms with Gasteiger partial charge in [-0.1, -0.05) is 19.9 Å². The standard InChI is InChI=1S/C19H25F3N6O/c1-11(2)17-26-16-8-7-12(10-28(16)27-17)25-19(23-3)24-9-13-14(20)5-4-6-15(13)29-18(21)22/h4-6,11-12,18H,7-10H2,1-3H3,(H2,23,24,25). The van der Waals surface area contributed by atoms with Crippen molar-refractivity contribution in [1.82, 2.24) is 25.4 Å². The first kappa shape index (κ1) is 20.9. The fourth-order valence-corrected chi connectivity index (χ4v) is 3.17. The number of rotatable bonds is 6. The first-order valence-electron chi connectivity index (χ1n) is 9.50.